The number of nitrogens with zero attached hydrogens (tertiary/aromatic N) is 2. The third-order valence-electron chi connectivity index (χ3n) is 2.90. The summed E-state index contributed by atoms with van der Waals surface area (Å²) in [5, 5.41) is 4.25. The number of ether oxygens (including phenoxy) is 1. The van der Waals surface area contributed by atoms with Crippen molar-refractivity contribution in [1.29, 1.82) is 0 Å². The summed E-state index contributed by atoms with van der Waals surface area (Å²) in [4.78, 5) is 0. The summed E-state index contributed by atoms with van der Waals surface area (Å²) in [6.45, 7) is 1.13. The Kier molecular flexibility index (Phi) is 2.33. The van der Waals surface area contributed by atoms with Crippen molar-refractivity contribution >= 4 is 5.82 Å². The minimum atomic E-state index is -0.280. The van der Waals surface area contributed by atoms with Gasteiger partial charge in [0.2, 0.25) is 0 Å². The van der Waals surface area contributed by atoms with E-state index in [1.54, 1.807) is 10.7 Å². The standard InChI is InChI=1S/C12H12FN3O/c13-8-2-1-3-9(6-8)16-11-4-5-17-7-10(11)12(14)15-16/h1-3,6H,4-5,7H2,(H2,14,15). The molecule has 0 aliphatic carbocycles. The number of nitrogen functional groups attached to an aromatic ring is 1. The van der Waals surface area contributed by atoms with Gasteiger partial charge in [-0.15, -0.1) is 0 Å². The van der Waals surface area contributed by atoms with Crippen molar-refractivity contribution in [3.05, 3.63) is 41.3 Å². The number of nitrogens with two attached hydrogens (primary N) is 1. The Balaban J connectivity index is 2.15. The Morgan fingerprint density at radius 2 is 2.29 bits per heavy atom. The summed E-state index contributed by atoms with van der Waals surface area (Å²) in [6, 6.07) is 6.33. The highest BCUT2D eigenvalue weighted by atomic mass is 19.1. The van der Waals surface area contributed by atoms with Gasteiger partial charge in [-0.2, -0.15) is 5.10 Å². The highest BCUT2D eigenvalue weighted by Gasteiger charge is 2.20. The number of rotatable bonds is 1. The molecule has 0 fully saturated rings. The molecule has 0 saturated heterocycles. The number of aromatic nitrogens is 2. The van der Waals surface area contributed by atoms with Crippen LogP contribution in [0.15, 0.2) is 24.3 Å². The van der Waals surface area contributed by atoms with Gasteiger partial charge in [-0.1, -0.05) is 6.07 Å². The van der Waals surface area contributed by atoms with E-state index in [-0.39, 0.29) is 5.82 Å². The first-order valence-electron chi connectivity index (χ1n) is 5.45. The Labute approximate surface area is 97.8 Å². The lowest BCUT2D eigenvalue weighted by Crippen LogP contribution is -2.13. The third kappa shape index (κ3) is 1.68. The van der Waals surface area contributed by atoms with Gasteiger partial charge in [-0.25, -0.2) is 9.07 Å². The summed E-state index contributed by atoms with van der Waals surface area (Å²) in [5.41, 5.74) is 8.46. The van der Waals surface area contributed by atoms with Gasteiger partial charge < -0.3 is 10.5 Å². The van der Waals surface area contributed by atoms with Crippen molar-refractivity contribution < 1.29 is 9.13 Å². The SMILES string of the molecule is Nc1nn(-c2cccc(F)c2)c2c1COCC2. The molecule has 0 radical (unpaired) electrons. The maximum atomic E-state index is 13.2. The fourth-order valence-corrected chi connectivity index (χ4v) is 2.08. The minimum Gasteiger partial charge on any atom is -0.382 e. The molecular weight excluding hydrogens is 221 g/mol. The van der Waals surface area contributed by atoms with E-state index in [0.717, 1.165) is 17.7 Å². The van der Waals surface area contributed by atoms with Crippen molar-refractivity contribution in [3.8, 4) is 5.69 Å². The highest BCUT2D eigenvalue weighted by Crippen LogP contribution is 2.25. The number of halogens is 1. The van der Waals surface area contributed by atoms with E-state index in [9.17, 15) is 4.39 Å². The predicted octanol–water partition coefficient (Wildman–Crippen LogP) is 1.67. The first-order valence-corrected chi connectivity index (χ1v) is 5.45. The van der Waals surface area contributed by atoms with Gasteiger partial charge in [0, 0.05) is 12.0 Å². The molecule has 2 heterocycles. The molecule has 1 aromatic carbocycles. The molecule has 0 atom stereocenters. The van der Waals surface area contributed by atoms with Crippen LogP contribution < -0.4 is 5.73 Å². The summed E-state index contributed by atoms with van der Waals surface area (Å²) in [5.74, 6) is 0.182. The van der Waals surface area contributed by atoms with Gasteiger partial charge in [0.1, 0.15) is 5.82 Å². The average molecular weight is 233 g/mol. The molecule has 0 unspecified atom stereocenters. The Bertz CT molecular complexity index is 565. The van der Waals surface area contributed by atoms with E-state index in [2.05, 4.69) is 5.10 Å². The molecule has 2 N–H and O–H groups in total. The smallest absolute Gasteiger partial charge is 0.151 e. The quantitative estimate of drug-likeness (QED) is 0.815. The molecule has 1 aromatic heterocycles. The van der Waals surface area contributed by atoms with Gasteiger partial charge >= 0.3 is 0 Å². The lowest BCUT2D eigenvalue weighted by atomic mass is 10.1. The zero-order valence-electron chi connectivity index (χ0n) is 9.19. The lowest BCUT2D eigenvalue weighted by molar-refractivity contribution is 0.110. The van der Waals surface area contributed by atoms with E-state index in [0.29, 0.717) is 24.7 Å². The Morgan fingerprint density at radius 3 is 3.12 bits per heavy atom. The largest absolute Gasteiger partial charge is 0.382 e. The fourth-order valence-electron chi connectivity index (χ4n) is 2.08. The van der Waals surface area contributed by atoms with Crippen molar-refractivity contribution in [3.63, 3.8) is 0 Å². The summed E-state index contributed by atoms with van der Waals surface area (Å²) in [6.07, 6.45) is 0.746. The topological polar surface area (TPSA) is 53.1 Å². The molecule has 88 valence electrons. The van der Waals surface area contributed by atoms with Crippen LogP contribution in [0.2, 0.25) is 0 Å². The second-order valence-corrected chi connectivity index (χ2v) is 4.00. The van der Waals surface area contributed by atoms with Gasteiger partial charge in [-0.05, 0) is 18.2 Å². The van der Waals surface area contributed by atoms with Crippen molar-refractivity contribution in [2.24, 2.45) is 0 Å². The molecule has 0 bridgehead atoms. The first kappa shape index (κ1) is 10.3. The molecule has 2 aromatic rings. The number of hydrogen-bond acceptors (Lipinski definition) is 3. The van der Waals surface area contributed by atoms with Gasteiger partial charge in [0.25, 0.3) is 0 Å². The Hall–Kier alpha value is -1.88. The zero-order chi connectivity index (χ0) is 11.8. The monoisotopic (exact) mass is 233 g/mol. The second-order valence-electron chi connectivity index (χ2n) is 4.00. The average Bonchev–Trinajstić information content (AvgIpc) is 2.68. The summed E-state index contributed by atoms with van der Waals surface area (Å²) in [7, 11) is 0. The maximum absolute atomic E-state index is 13.2. The second kappa shape index (κ2) is 3.85. The number of benzene rings is 1. The van der Waals surface area contributed by atoms with E-state index in [1.165, 1.54) is 12.1 Å². The molecular formula is C12H12FN3O. The molecule has 4 nitrogen and oxygen atoms in total. The van der Waals surface area contributed by atoms with Crippen LogP contribution in [-0.2, 0) is 17.8 Å². The molecule has 1 aliphatic rings. The molecule has 3 rings (SSSR count). The van der Waals surface area contributed by atoms with Crippen molar-refractivity contribution in [1.82, 2.24) is 9.78 Å². The van der Waals surface area contributed by atoms with Crippen LogP contribution in [0.25, 0.3) is 5.69 Å². The number of anilines is 1. The summed E-state index contributed by atoms with van der Waals surface area (Å²) >= 11 is 0. The predicted molar refractivity (Wildman–Crippen MR) is 61.3 cm³/mol. The fraction of sp³-hybridized carbons (Fsp3) is 0.250. The van der Waals surface area contributed by atoms with Gasteiger partial charge in [-0.3, -0.25) is 0 Å². The van der Waals surface area contributed by atoms with Crippen LogP contribution in [0.1, 0.15) is 11.3 Å². The number of fused-ring (bicyclic) bond motifs is 1. The van der Waals surface area contributed by atoms with E-state index in [1.807, 2.05) is 6.07 Å². The minimum absolute atomic E-state index is 0.280. The van der Waals surface area contributed by atoms with Gasteiger partial charge in [0.15, 0.2) is 5.82 Å². The van der Waals surface area contributed by atoms with Crippen LogP contribution in [0.4, 0.5) is 10.2 Å². The Morgan fingerprint density at radius 1 is 1.41 bits per heavy atom. The molecule has 17 heavy (non-hydrogen) atoms. The van der Waals surface area contributed by atoms with E-state index in [4.69, 9.17) is 10.5 Å². The molecule has 0 spiro atoms. The third-order valence-corrected chi connectivity index (χ3v) is 2.90. The van der Waals surface area contributed by atoms with E-state index >= 15 is 0 Å². The molecule has 1 aliphatic heterocycles. The molecule has 0 saturated carbocycles. The maximum Gasteiger partial charge on any atom is 0.151 e. The normalized spacial score (nSPS) is 14.6. The summed E-state index contributed by atoms with van der Waals surface area (Å²) < 4.78 is 20.2. The molecule has 5 heteroatoms. The van der Waals surface area contributed by atoms with Crippen molar-refractivity contribution in [2.75, 3.05) is 12.3 Å². The lowest BCUT2D eigenvalue weighted by Gasteiger charge is -2.14. The first-order chi connectivity index (χ1) is 8.25. The molecule has 0 amide bonds. The van der Waals surface area contributed by atoms with Crippen LogP contribution in [-0.4, -0.2) is 16.4 Å². The van der Waals surface area contributed by atoms with E-state index < -0.39 is 0 Å². The van der Waals surface area contributed by atoms with Crippen molar-refractivity contribution in [2.45, 2.75) is 13.0 Å². The van der Waals surface area contributed by atoms with Crippen LogP contribution in [0, 0.1) is 5.82 Å². The van der Waals surface area contributed by atoms with Crippen LogP contribution >= 0.6 is 0 Å². The highest BCUT2D eigenvalue weighted by molar-refractivity contribution is 5.47. The van der Waals surface area contributed by atoms with Gasteiger partial charge in [0.05, 0.1) is 24.6 Å². The zero-order valence-corrected chi connectivity index (χ0v) is 9.19. The number of hydrogen-bond donors (Lipinski definition) is 1. The van der Waals surface area contributed by atoms with Crippen LogP contribution in [0.3, 0.4) is 0 Å². The van der Waals surface area contributed by atoms with Crippen LogP contribution in [0.5, 0.6) is 0 Å².